The summed E-state index contributed by atoms with van der Waals surface area (Å²) in [6.45, 7) is 1.74. The number of rotatable bonds is 3. The molecule has 4 heteroatoms. The van der Waals surface area contributed by atoms with E-state index in [4.69, 9.17) is 6.42 Å². The lowest BCUT2D eigenvalue weighted by atomic mass is 10.1. The van der Waals surface area contributed by atoms with Crippen LogP contribution in [0.4, 0.5) is 0 Å². The predicted molar refractivity (Wildman–Crippen MR) is 60.1 cm³/mol. The molecule has 0 spiro atoms. The van der Waals surface area contributed by atoms with Gasteiger partial charge < -0.3 is 15.5 Å². The van der Waals surface area contributed by atoms with Crippen molar-refractivity contribution in [2.45, 2.75) is 19.4 Å². The van der Waals surface area contributed by atoms with Crippen LogP contribution in [0.3, 0.4) is 0 Å². The van der Waals surface area contributed by atoms with Crippen LogP contribution in [0.15, 0.2) is 18.2 Å². The molecule has 1 amide bonds. The second-order valence-corrected chi connectivity index (χ2v) is 3.45. The molecule has 3 N–H and O–H groups in total. The number of phenols is 2. The van der Waals surface area contributed by atoms with Crippen molar-refractivity contribution >= 4 is 5.91 Å². The maximum atomic E-state index is 11.7. The minimum Gasteiger partial charge on any atom is -0.507 e. The van der Waals surface area contributed by atoms with Crippen LogP contribution >= 0.6 is 0 Å². The fourth-order valence-corrected chi connectivity index (χ4v) is 1.28. The van der Waals surface area contributed by atoms with Gasteiger partial charge in [0.2, 0.25) is 0 Å². The lowest BCUT2D eigenvalue weighted by Crippen LogP contribution is -2.32. The van der Waals surface area contributed by atoms with Crippen LogP contribution in [0, 0.1) is 12.3 Å². The smallest absolute Gasteiger partial charge is 0.259 e. The van der Waals surface area contributed by atoms with Crippen LogP contribution in [-0.4, -0.2) is 22.2 Å². The van der Waals surface area contributed by atoms with Crippen molar-refractivity contribution in [3.8, 4) is 23.8 Å². The standard InChI is InChI=1S/C12H13NO3/c1-3-5-8(2)13-12(16)11-9(14)6-4-7-10(11)15/h1,4,6-8,14-15H,5H2,2H3,(H,13,16). The van der Waals surface area contributed by atoms with Gasteiger partial charge in [-0.25, -0.2) is 0 Å². The Morgan fingerprint density at radius 2 is 2.06 bits per heavy atom. The fraction of sp³-hybridized carbons (Fsp3) is 0.250. The van der Waals surface area contributed by atoms with Crippen molar-refractivity contribution in [3.63, 3.8) is 0 Å². The van der Waals surface area contributed by atoms with E-state index in [0.29, 0.717) is 6.42 Å². The molecule has 16 heavy (non-hydrogen) atoms. The first-order valence-corrected chi connectivity index (χ1v) is 4.81. The molecule has 1 rings (SSSR count). The van der Waals surface area contributed by atoms with Gasteiger partial charge in [-0.1, -0.05) is 6.07 Å². The highest BCUT2D eigenvalue weighted by atomic mass is 16.3. The molecule has 0 aromatic heterocycles. The number of aromatic hydroxyl groups is 2. The summed E-state index contributed by atoms with van der Waals surface area (Å²) in [7, 11) is 0. The maximum absolute atomic E-state index is 11.7. The van der Waals surface area contributed by atoms with Crippen molar-refractivity contribution < 1.29 is 15.0 Å². The van der Waals surface area contributed by atoms with Gasteiger partial charge in [0.1, 0.15) is 17.1 Å². The summed E-state index contributed by atoms with van der Waals surface area (Å²) < 4.78 is 0. The third-order valence-corrected chi connectivity index (χ3v) is 2.05. The number of hydrogen-bond donors (Lipinski definition) is 3. The second kappa shape index (κ2) is 5.08. The SMILES string of the molecule is C#CCC(C)NC(=O)c1c(O)cccc1O. The molecule has 1 aromatic rings. The number of terminal acetylenes is 1. The van der Waals surface area contributed by atoms with Crippen LogP contribution in [0.5, 0.6) is 11.5 Å². The fourth-order valence-electron chi connectivity index (χ4n) is 1.28. The average Bonchev–Trinajstić information content (AvgIpc) is 2.17. The highest BCUT2D eigenvalue weighted by Crippen LogP contribution is 2.25. The lowest BCUT2D eigenvalue weighted by molar-refractivity contribution is 0.0935. The molecule has 0 saturated heterocycles. The summed E-state index contributed by atoms with van der Waals surface area (Å²) in [6.07, 6.45) is 5.49. The first-order chi connectivity index (χ1) is 7.56. The average molecular weight is 219 g/mol. The summed E-state index contributed by atoms with van der Waals surface area (Å²) in [5, 5.41) is 21.5. The number of phenolic OH excluding ortho intramolecular Hbond substituents is 2. The molecule has 4 nitrogen and oxygen atoms in total. The van der Waals surface area contributed by atoms with E-state index in [2.05, 4.69) is 11.2 Å². The second-order valence-electron chi connectivity index (χ2n) is 3.45. The predicted octanol–water partition coefficient (Wildman–Crippen LogP) is 1.24. The summed E-state index contributed by atoms with van der Waals surface area (Å²) in [6, 6.07) is 3.91. The number of carbonyl (C=O) groups excluding carboxylic acids is 1. The molecule has 0 bridgehead atoms. The van der Waals surface area contributed by atoms with Gasteiger partial charge in [-0.3, -0.25) is 4.79 Å². The normalized spacial score (nSPS) is 11.5. The van der Waals surface area contributed by atoms with E-state index in [1.165, 1.54) is 18.2 Å². The third kappa shape index (κ3) is 2.67. The van der Waals surface area contributed by atoms with Crippen molar-refractivity contribution in [1.82, 2.24) is 5.32 Å². The number of nitrogens with one attached hydrogen (secondary N) is 1. The molecule has 0 fully saturated rings. The van der Waals surface area contributed by atoms with Crippen molar-refractivity contribution in [2.24, 2.45) is 0 Å². The molecule has 0 saturated carbocycles. The Labute approximate surface area is 93.9 Å². The topological polar surface area (TPSA) is 69.6 Å². The monoisotopic (exact) mass is 219 g/mol. The van der Waals surface area contributed by atoms with Gasteiger partial charge in [0.15, 0.2) is 0 Å². The summed E-state index contributed by atoms with van der Waals surface area (Å²) in [5.41, 5.74) is -0.133. The van der Waals surface area contributed by atoms with E-state index >= 15 is 0 Å². The van der Waals surface area contributed by atoms with Crippen molar-refractivity contribution in [3.05, 3.63) is 23.8 Å². The van der Waals surface area contributed by atoms with Crippen molar-refractivity contribution in [2.75, 3.05) is 0 Å². The van der Waals surface area contributed by atoms with Gasteiger partial charge in [-0.15, -0.1) is 12.3 Å². The van der Waals surface area contributed by atoms with Gasteiger partial charge in [0.25, 0.3) is 5.91 Å². The largest absolute Gasteiger partial charge is 0.507 e. The summed E-state index contributed by atoms with van der Waals surface area (Å²) in [5.74, 6) is 1.35. The molecular formula is C12H13NO3. The van der Waals surface area contributed by atoms with Gasteiger partial charge in [0, 0.05) is 12.5 Å². The summed E-state index contributed by atoms with van der Waals surface area (Å²) in [4.78, 5) is 11.7. The number of carbonyl (C=O) groups is 1. The molecule has 0 radical (unpaired) electrons. The number of benzene rings is 1. The lowest BCUT2D eigenvalue weighted by Gasteiger charge is -2.12. The zero-order chi connectivity index (χ0) is 12.1. The van der Waals surface area contributed by atoms with E-state index in [-0.39, 0.29) is 23.1 Å². The van der Waals surface area contributed by atoms with Crippen LogP contribution in [-0.2, 0) is 0 Å². The minimum atomic E-state index is -0.543. The molecule has 0 heterocycles. The number of amides is 1. The van der Waals surface area contributed by atoms with E-state index < -0.39 is 5.91 Å². The van der Waals surface area contributed by atoms with E-state index in [9.17, 15) is 15.0 Å². The van der Waals surface area contributed by atoms with Gasteiger partial charge in [-0.05, 0) is 19.1 Å². The van der Waals surface area contributed by atoms with E-state index in [1.807, 2.05) is 0 Å². The zero-order valence-corrected chi connectivity index (χ0v) is 8.90. The van der Waals surface area contributed by atoms with E-state index in [0.717, 1.165) is 0 Å². The molecular weight excluding hydrogens is 206 g/mol. The highest BCUT2D eigenvalue weighted by Gasteiger charge is 2.17. The van der Waals surface area contributed by atoms with Crippen LogP contribution in [0.25, 0.3) is 0 Å². The summed E-state index contributed by atoms with van der Waals surface area (Å²) >= 11 is 0. The quantitative estimate of drug-likeness (QED) is 0.670. The molecule has 1 unspecified atom stereocenters. The Morgan fingerprint density at radius 1 is 1.50 bits per heavy atom. The molecule has 84 valence electrons. The van der Waals surface area contributed by atoms with Crippen LogP contribution in [0.2, 0.25) is 0 Å². The van der Waals surface area contributed by atoms with Crippen LogP contribution < -0.4 is 5.32 Å². The Bertz CT molecular complexity index is 414. The van der Waals surface area contributed by atoms with E-state index in [1.54, 1.807) is 6.92 Å². The Morgan fingerprint density at radius 3 is 2.56 bits per heavy atom. The third-order valence-electron chi connectivity index (χ3n) is 2.05. The molecule has 0 aliphatic heterocycles. The molecule has 0 aliphatic rings. The molecule has 1 aromatic carbocycles. The Kier molecular flexibility index (Phi) is 3.78. The Balaban J connectivity index is 2.85. The van der Waals surface area contributed by atoms with Crippen LogP contribution in [0.1, 0.15) is 23.7 Å². The Hall–Kier alpha value is -2.15. The van der Waals surface area contributed by atoms with Gasteiger partial charge in [0.05, 0.1) is 0 Å². The zero-order valence-electron chi connectivity index (χ0n) is 8.90. The first-order valence-electron chi connectivity index (χ1n) is 4.81. The van der Waals surface area contributed by atoms with Crippen molar-refractivity contribution in [1.29, 1.82) is 0 Å². The van der Waals surface area contributed by atoms with Gasteiger partial charge >= 0.3 is 0 Å². The molecule has 0 aliphatic carbocycles. The highest BCUT2D eigenvalue weighted by molar-refractivity contribution is 5.99. The van der Waals surface area contributed by atoms with Gasteiger partial charge in [-0.2, -0.15) is 0 Å². The first kappa shape index (κ1) is 11.9. The number of hydrogen-bond acceptors (Lipinski definition) is 3. The molecule has 1 atom stereocenters. The maximum Gasteiger partial charge on any atom is 0.259 e. The minimum absolute atomic E-state index is 0.133.